The Morgan fingerprint density at radius 1 is 1.20 bits per heavy atom. The molecule has 1 aliphatic carbocycles. The highest BCUT2D eigenvalue weighted by Gasteiger charge is 2.26. The van der Waals surface area contributed by atoms with E-state index in [1.54, 1.807) is 0 Å². The summed E-state index contributed by atoms with van der Waals surface area (Å²) in [6.07, 6.45) is 6.50. The number of anilines is 2. The fraction of sp³-hybridized carbons (Fsp3) is 0.450. The van der Waals surface area contributed by atoms with Gasteiger partial charge in [0.1, 0.15) is 17.8 Å². The average Bonchev–Trinajstić information content (AvgIpc) is 2.69. The molecule has 8 nitrogen and oxygen atoms in total. The number of carboxylic acid groups (broad SMARTS) is 1. The van der Waals surface area contributed by atoms with Gasteiger partial charge in [-0.3, -0.25) is 14.6 Å². The number of carboxylic acids is 1. The van der Waals surface area contributed by atoms with Gasteiger partial charge in [0.15, 0.2) is 11.0 Å². The van der Waals surface area contributed by atoms with Crippen LogP contribution in [-0.4, -0.2) is 31.9 Å². The van der Waals surface area contributed by atoms with Crippen molar-refractivity contribution in [3.8, 4) is 0 Å². The molecule has 0 spiro atoms. The van der Waals surface area contributed by atoms with Gasteiger partial charge in [-0.15, -0.1) is 0 Å². The number of pyridine rings is 1. The summed E-state index contributed by atoms with van der Waals surface area (Å²) in [6, 6.07) is 2.81. The van der Waals surface area contributed by atoms with Crippen LogP contribution in [0.1, 0.15) is 44.2 Å². The van der Waals surface area contributed by atoms with Gasteiger partial charge in [-0.05, 0) is 43.2 Å². The molecule has 2 aromatic heterocycles. The highest BCUT2D eigenvalue weighted by Crippen LogP contribution is 2.34. The molecule has 160 valence electrons. The van der Waals surface area contributed by atoms with E-state index >= 15 is 0 Å². The average molecular weight is 436 g/mol. The third-order valence-electron chi connectivity index (χ3n) is 5.15. The van der Waals surface area contributed by atoms with Crippen LogP contribution in [0.4, 0.5) is 15.9 Å². The van der Waals surface area contributed by atoms with E-state index in [0.717, 1.165) is 19.3 Å². The first-order chi connectivity index (χ1) is 14.4. The minimum Gasteiger partial charge on any atom is -0.481 e. The lowest BCUT2D eigenvalue weighted by atomic mass is 9.78. The van der Waals surface area contributed by atoms with Crippen molar-refractivity contribution in [2.45, 2.75) is 45.1 Å². The van der Waals surface area contributed by atoms with Crippen LogP contribution in [0, 0.1) is 17.7 Å². The number of aromatic nitrogens is 3. The molecule has 0 aromatic carbocycles. The van der Waals surface area contributed by atoms with Crippen molar-refractivity contribution in [3.63, 3.8) is 0 Å². The minimum absolute atomic E-state index is 0.0579. The van der Waals surface area contributed by atoms with E-state index in [1.807, 2.05) is 0 Å². The Morgan fingerprint density at radius 3 is 2.70 bits per heavy atom. The molecule has 3 N–H and O–H groups in total. The van der Waals surface area contributed by atoms with Gasteiger partial charge >= 0.3 is 5.97 Å². The second-order valence-corrected chi connectivity index (χ2v) is 7.78. The molecule has 3 rings (SSSR count). The molecular formula is C20H23ClFN5O3. The van der Waals surface area contributed by atoms with Crippen LogP contribution < -0.4 is 10.6 Å². The van der Waals surface area contributed by atoms with Crippen LogP contribution in [0.2, 0.25) is 5.15 Å². The molecule has 0 saturated heterocycles. The summed E-state index contributed by atoms with van der Waals surface area (Å²) in [6.45, 7) is 0.0579. The third-order valence-corrected chi connectivity index (χ3v) is 5.44. The zero-order chi connectivity index (χ0) is 21.5. The van der Waals surface area contributed by atoms with Crippen molar-refractivity contribution >= 4 is 35.0 Å². The number of nitrogens with one attached hydrogen (secondary N) is 2. The Kier molecular flexibility index (Phi) is 7.51. The van der Waals surface area contributed by atoms with E-state index in [4.69, 9.17) is 16.7 Å². The lowest BCUT2D eigenvalue weighted by Gasteiger charge is -2.27. The summed E-state index contributed by atoms with van der Waals surface area (Å²) in [5.74, 6) is -1.03. The summed E-state index contributed by atoms with van der Waals surface area (Å²) in [5.41, 5.74) is 0.426. The molecule has 1 saturated carbocycles. The Morgan fingerprint density at radius 2 is 1.97 bits per heavy atom. The number of aliphatic carboxylic acids is 1. The van der Waals surface area contributed by atoms with Crippen molar-refractivity contribution in [3.05, 3.63) is 41.3 Å². The number of amides is 1. The monoisotopic (exact) mass is 435 g/mol. The normalized spacial score (nSPS) is 18.6. The first kappa shape index (κ1) is 21.9. The van der Waals surface area contributed by atoms with Crippen LogP contribution >= 0.6 is 11.6 Å². The van der Waals surface area contributed by atoms with Gasteiger partial charge in [0.25, 0.3) is 0 Å². The summed E-state index contributed by atoms with van der Waals surface area (Å²) in [7, 11) is 0. The summed E-state index contributed by atoms with van der Waals surface area (Å²) in [5, 5.41) is 14.7. The van der Waals surface area contributed by atoms with Crippen molar-refractivity contribution in [1.82, 2.24) is 15.0 Å². The van der Waals surface area contributed by atoms with Crippen LogP contribution in [-0.2, 0) is 16.1 Å². The van der Waals surface area contributed by atoms with Crippen LogP contribution in [0.5, 0.6) is 0 Å². The van der Waals surface area contributed by atoms with Crippen LogP contribution in [0.3, 0.4) is 0 Å². The highest BCUT2D eigenvalue weighted by molar-refractivity contribution is 6.33. The van der Waals surface area contributed by atoms with Gasteiger partial charge in [-0.25, -0.2) is 14.4 Å². The molecule has 0 aliphatic heterocycles. The molecular weight excluding hydrogens is 413 g/mol. The SMILES string of the molecule is O=C(O)CC1CCCC(CC(=O)Nc2c(Cl)ncnc2NCc2ncccc2F)C1. The summed E-state index contributed by atoms with van der Waals surface area (Å²) >= 11 is 6.15. The predicted octanol–water partition coefficient (Wildman–Crippen LogP) is 3.89. The predicted molar refractivity (Wildman–Crippen MR) is 110 cm³/mol. The molecule has 2 atom stereocenters. The molecule has 1 aliphatic rings. The maximum absolute atomic E-state index is 13.8. The largest absolute Gasteiger partial charge is 0.481 e. The van der Waals surface area contributed by atoms with Crippen LogP contribution in [0.15, 0.2) is 24.7 Å². The molecule has 1 amide bonds. The van der Waals surface area contributed by atoms with Crippen molar-refractivity contribution in [2.24, 2.45) is 11.8 Å². The quantitative estimate of drug-likeness (QED) is 0.538. The maximum Gasteiger partial charge on any atom is 0.303 e. The number of carbonyl (C=O) groups excluding carboxylic acids is 1. The van der Waals surface area contributed by atoms with Gasteiger partial charge in [-0.2, -0.15) is 0 Å². The van der Waals surface area contributed by atoms with Gasteiger partial charge in [0.2, 0.25) is 5.91 Å². The number of nitrogens with zero attached hydrogens (tertiary/aromatic N) is 3. The van der Waals surface area contributed by atoms with Gasteiger partial charge in [0, 0.05) is 19.0 Å². The maximum atomic E-state index is 13.8. The fourth-order valence-electron chi connectivity index (χ4n) is 3.80. The zero-order valence-electron chi connectivity index (χ0n) is 16.3. The Labute approximate surface area is 178 Å². The second-order valence-electron chi connectivity index (χ2n) is 7.42. The van der Waals surface area contributed by atoms with E-state index in [2.05, 4.69) is 25.6 Å². The third kappa shape index (κ3) is 6.09. The Balaban J connectivity index is 1.62. The molecule has 0 radical (unpaired) electrons. The Bertz CT molecular complexity index is 914. The number of hydrogen-bond donors (Lipinski definition) is 3. The molecule has 2 unspecified atom stereocenters. The van der Waals surface area contributed by atoms with E-state index in [-0.39, 0.29) is 59.5 Å². The smallest absolute Gasteiger partial charge is 0.303 e. The van der Waals surface area contributed by atoms with Crippen molar-refractivity contribution < 1.29 is 19.1 Å². The second kappa shape index (κ2) is 10.3. The van der Waals surface area contributed by atoms with Gasteiger partial charge in [-0.1, -0.05) is 18.0 Å². The molecule has 0 bridgehead atoms. The summed E-state index contributed by atoms with van der Waals surface area (Å²) in [4.78, 5) is 35.5. The van der Waals surface area contributed by atoms with Crippen molar-refractivity contribution in [1.29, 1.82) is 0 Å². The lowest BCUT2D eigenvalue weighted by Crippen LogP contribution is -2.23. The number of hydrogen-bond acceptors (Lipinski definition) is 6. The van der Waals surface area contributed by atoms with Crippen LogP contribution in [0.25, 0.3) is 0 Å². The number of rotatable bonds is 8. The molecule has 2 heterocycles. The zero-order valence-corrected chi connectivity index (χ0v) is 17.0. The van der Waals surface area contributed by atoms with E-state index in [0.29, 0.717) is 6.42 Å². The lowest BCUT2D eigenvalue weighted by molar-refractivity contribution is -0.138. The van der Waals surface area contributed by atoms with Crippen molar-refractivity contribution in [2.75, 3.05) is 10.6 Å². The van der Waals surface area contributed by atoms with Gasteiger partial charge in [0.05, 0.1) is 12.2 Å². The van der Waals surface area contributed by atoms with Gasteiger partial charge < -0.3 is 15.7 Å². The summed E-state index contributed by atoms with van der Waals surface area (Å²) < 4.78 is 13.8. The standard InChI is InChI=1S/C20H23ClFN5O3/c21-19-18(20(26-11-25-19)24-10-15-14(22)5-2-6-23-15)27-16(28)8-12-3-1-4-13(7-12)9-17(29)30/h2,5-6,11-13H,1,3-4,7-10H2,(H,27,28)(H,29,30)(H,24,25,26). The first-order valence-electron chi connectivity index (χ1n) is 9.77. The van der Waals surface area contributed by atoms with E-state index < -0.39 is 11.8 Å². The number of carbonyl (C=O) groups is 2. The molecule has 10 heteroatoms. The van der Waals surface area contributed by atoms with E-state index in [9.17, 15) is 14.0 Å². The molecule has 1 fully saturated rings. The fourth-order valence-corrected chi connectivity index (χ4v) is 3.98. The highest BCUT2D eigenvalue weighted by atomic mass is 35.5. The Hall–Kier alpha value is -2.81. The topological polar surface area (TPSA) is 117 Å². The molecule has 30 heavy (non-hydrogen) atoms. The molecule has 2 aromatic rings. The first-order valence-corrected chi connectivity index (χ1v) is 10.2. The number of halogens is 2. The minimum atomic E-state index is -0.807. The van der Waals surface area contributed by atoms with E-state index in [1.165, 1.54) is 24.7 Å².